The molecule has 0 bridgehead atoms. The molecule has 0 radical (unpaired) electrons. The maximum absolute atomic E-state index is 12.3. The molecule has 1 amide bonds. The number of anilines is 1. The topological polar surface area (TPSA) is 46.3 Å². The van der Waals surface area contributed by atoms with Gasteiger partial charge in [-0.2, -0.15) is 0 Å². The molecular formula is C13H18N2O. The van der Waals surface area contributed by atoms with E-state index in [9.17, 15) is 4.79 Å². The predicted molar refractivity (Wildman–Crippen MR) is 65.3 cm³/mol. The van der Waals surface area contributed by atoms with E-state index in [1.165, 1.54) is 0 Å². The van der Waals surface area contributed by atoms with Crippen LogP contribution in [0.3, 0.4) is 0 Å². The first-order chi connectivity index (χ1) is 7.65. The zero-order valence-electron chi connectivity index (χ0n) is 9.86. The molecule has 0 aromatic heterocycles. The van der Waals surface area contributed by atoms with Crippen molar-refractivity contribution < 1.29 is 4.79 Å². The Kier molecular flexibility index (Phi) is 2.86. The molecule has 0 spiro atoms. The summed E-state index contributed by atoms with van der Waals surface area (Å²) in [5, 5.41) is 0. The van der Waals surface area contributed by atoms with E-state index in [1.54, 1.807) is 6.07 Å². The molecule has 0 aliphatic carbocycles. The molecule has 1 aromatic rings. The molecule has 2 N–H and O–H groups in total. The van der Waals surface area contributed by atoms with Gasteiger partial charge in [0.2, 0.25) is 0 Å². The van der Waals surface area contributed by atoms with E-state index in [0.29, 0.717) is 17.3 Å². The highest BCUT2D eigenvalue weighted by Crippen LogP contribution is 2.25. The molecule has 1 aliphatic heterocycles. The van der Waals surface area contributed by atoms with E-state index < -0.39 is 0 Å². The average Bonchev–Trinajstić information content (AvgIpc) is 2.28. The molecule has 2 rings (SSSR count). The lowest BCUT2D eigenvalue weighted by Gasteiger charge is -2.33. The Balaban J connectivity index is 2.38. The minimum atomic E-state index is 0.0914. The van der Waals surface area contributed by atoms with Gasteiger partial charge in [-0.25, -0.2) is 0 Å². The van der Waals surface area contributed by atoms with Crippen molar-refractivity contribution in [2.24, 2.45) is 0 Å². The molecule has 3 heteroatoms. The van der Waals surface area contributed by atoms with Crippen LogP contribution in [0.15, 0.2) is 18.2 Å². The largest absolute Gasteiger partial charge is 0.398 e. The van der Waals surface area contributed by atoms with Gasteiger partial charge >= 0.3 is 0 Å². The van der Waals surface area contributed by atoms with Gasteiger partial charge in [-0.15, -0.1) is 0 Å². The van der Waals surface area contributed by atoms with Gasteiger partial charge in [0.25, 0.3) is 5.91 Å². The van der Waals surface area contributed by atoms with Crippen molar-refractivity contribution in [3.05, 3.63) is 29.3 Å². The number of hydrogen-bond acceptors (Lipinski definition) is 2. The Labute approximate surface area is 96.2 Å². The number of nitrogens with two attached hydrogens (primary N) is 1. The van der Waals surface area contributed by atoms with Crippen molar-refractivity contribution in [2.45, 2.75) is 32.7 Å². The van der Waals surface area contributed by atoms with Gasteiger partial charge in [0.05, 0.1) is 5.56 Å². The molecule has 1 aromatic carbocycles. The van der Waals surface area contributed by atoms with Gasteiger partial charge in [-0.1, -0.05) is 19.1 Å². The quantitative estimate of drug-likeness (QED) is 0.772. The smallest absolute Gasteiger partial charge is 0.256 e. The van der Waals surface area contributed by atoms with Gasteiger partial charge in [0.1, 0.15) is 0 Å². The van der Waals surface area contributed by atoms with Gasteiger partial charge < -0.3 is 10.6 Å². The van der Waals surface area contributed by atoms with Gasteiger partial charge in [0, 0.05) is 18.3 Å². The number of amides is 1. The van der Waals surface area contributed by atoms with Crippen LogP contribution in [-0.4, -0.2) is 23.4 Å². The molecule has 0 saturated carbocycles. The molecule has 1 aliphatic rings. The highest BCUT2D eigenvalue weighted by atomic mass is 16.2. The van der Waals surface area contributed by atoms with Crippen molar-refractivity contribution in [1.82, 2.24) is 4.90 Å². The molecule has 86 valence electrons. The second kappa shape index (κ2) is 4.16. The van der Waals surface area contributed by atoms with E-state index in [4.69, 9.17) is 5.73 Å². The van der Waals surface area contributed by atoms with Crippen molar-refractivity contribution in [3.8, 4) is 0 Å². The number of hydrogen-bond donors (Lipinski definition) is 1. The van der Waals surface area contributed by atoms with Crippen LogP contribution < -0.4 is 5.73 Å². The monoisotopic (exact) mass is 218 g/mol. The molecule has 0 saturated heterocycles. The lowest BCUT2D eigenvalue weighted by Crippen LogP contribution is -2.43. The summed E-state index contributed by atoms with van der Waals surface area (Å²) in [5.74, 6) is 0.0914. The fraction of sp³-hybridized carbons (Fsp3) is 0.462. The van der Waals surface area contributed by atoms with Crippen molar-refractivity contribution >= 4 is 11.6 Å². The standard InChI is InChI=1S/C13H18N2O/c1-3-9(2)15-8-7-10-5-4-6-11(14)12(10)13(15)16/h4-6,9H,3,7-8,14H2,1-2H3. The first-order valence-electron chi connectivity index (χ1n) is 5.83. The highest BCUT2D eigenvalue weighted by molar-refractivity contribution is 6.01. The van der Waals surface area contributed by atoms with Gasteiger partial charge in [0.15, 0.2) is 0 Å². The zero-order valence-corrected chi connectivity index (χ0v) is 9.86. The van der Waals surface area contributed by atoms with E-state index in [0.717, 1.165) is 24.9 Å². The Bertz CT molecular complexity index is 414. The van der Waals surface area contributed by atoms with Crippen molar-refractivity contribution in [1.29, 1.82) is 0 Å². The normalized spacial score (nSPS) is 17.1. The van der Waals surface area contributed by atoms with E-state index in [-0.39, 0.29) is 5.91 Å². The number of carbonyl (C=O) groups is 1. The fourth-order valence-electron chi connectivity index (χ4n) is 2.22. The molecule has 16 heavy (non-hydrogen) atoms. The lowest BCUT2D eigenvalue weighted by molar-refractivity contribution is 0.0671. The summed E-state index contributed by atoms with van der Waals surface area (Å²) in [5.41, 5.74) is 8.30. The third-order valence-corrected chi connectivity index (χ3v) is 3.40. The molecular weight excluding hydrogens is 200 g/mol. The lowest BCUT2D eigenvalue weighted by atomic mass is 9.96. The van der Waals surface area contributed by atoms with E-state index in [2.05, 4.69) is 13.8 Å². The molecule has 3 nitrogen and oxygen atoms in total. The van der Waals surface area contributed by atoms with Crippen LogP contribution in [0.2, 0.25) is 0 Å². The summed E-state index contributed by atoms with van der Waals surface area (Å²) < 4.78 is 0. The molecule has 1 atom stereocenters. The summed E-state index contributed by atoms with van der Waals surface area (Å²) in [6.45, 7) is 4.99. The van der Waals surface area contributed by atoms with Crippen LogP contribution in [0.25, 0.3) is 0 Å². The second-order valence-corrected chi connectivity index (χ2v) is 4.39. The Morgan fingerprint density at radius 1 is 1.50 bits per heavy atom. The van der Waals surface area contributed by atoms with Crippen LogP contribution in [0.1, 0.15) is 36.2 Å². The summed E-state index contributed by atoms with van der Waals surface area (Å²) >= 11 is 0. The zero-order chi connectivity index (χ0) is 11.7. The summed E-state index contributed by atoms with van der Waals surface area (Å²) in [4.78, 5) is 14.2. The molecule has 1 heterocycles. The Hall–Kier alpha value is -1.51. The highest BCUT2D eigenvalue weighted by Gasteiger charge is 2.28. The fourth-order valence-corrected chi connectivity index (χ4v) is 2.22. The first kappa shape index (κ1) is 11.0. The van der Waals surface area contributed by atoms with Crippen LogP contribution in [-0.2, 0) is 6.42 Å². The average molecular weight is 218 g/mol. The number of fused-ring (bicyclic) bond motifs is 1. The minimum absolute atomic E-state index is 0.0914. The molecule has 1 unspecified atom stereocenters. The number of benzene rings is 1. The van der Waals surface area contributed by atoms with Crippen LogP contribution in [0.5, 0.6) is 0 Å². The minimum Gasteiger partial charge on any atom is -0.398 e. The van der Waals surface area contributed by atoms with Gasteiger partial charge in [-0.05, 0) is 31.4 Å². The summed E-state index contributed by atoms with van der Waals surface area (Å²) in [6.07, 6.45) is 1.89. The number of nitrogen functional groups attached to an aromatic ring is 1. The number of nitrogens with zero attached hydrogens (tertiary/aromatic N) is 1. The van der Waals surface area contributed by atoms with Crippen molar-refractivity contribution in [2.75, 3.05) is 12.3 Å². The van der Waals surface area contributed by atoms with Crippen molar-refractivity contribution in [3.63, 3.8) is 0 Å². The van der Waals surface area contributed by atoms with Crippen LogP contribution >= 0.6 is 0 Å². The SMILES string of the molecule is CCC(C)N1CCc2cccc(N)c2C1=O. The Morgan fingerprint density at radius 3 is 2.94 bits per heavy atom. The summed E-state index contributed by atoms with van der Waals surface area (Å²) in [7, 11) is 0. The summed E-state index contributed by atoms with van der Waals surface area (Å²) in [6, 6.07) is 6.01. The third-order valence-electron chi connectivity index (χ3n) is 3.40. The predicted octanol–water partition coefficient (Wildman–Crippen LogP) is 2.07. The maximum Gasteiger partial charge on any atom is 0.256 e. The number of carbonyl (C=O) groups excluding carboxylic acids is 1. The van der Waals surface area contributed by atoms with E-state index in [1.807, 2.05) is 17.0 Å². The first-order valence-corrected chi connectivity index (χ1v) is 5.83. The third kappa shape index (κ3) is 1.66. The Morgan fingerprint density at radius 2 is 2.25 bits per heavy atom. The van der Waals surface area contributed by atoms with Crippen LogP contribution in [0.4, 0.5) is 5.69 Å². The molecule has 0 fully saturated rings. The van der Waals surface area contributed by atoms with Crippen LogP contribution in [0, 0.1) is 0 Å². The second-order valence-electron chi connectivity index (χ2n) is 4.39. The van der Waals surface area contributed by atoms with Gasteiger partial charge in [-0.3, -0.25) is 4.79 Å². The number of rotatable bonds is 2. The van der Waals surface area contributed by atoms with E-state index >= 15 is 0 Å². The maximum atomic E-state index is 12.3.